The molecule has 0 saturated heterocycles. The van der Waals surface area contributed by atoms with Crippen molar-refractivity contribution in [3.63, 3.8) is 0 Å². The first-order valence-corrected chi connectivity index (χ1v) is 8.14. The van der Waals surface area contributed by atoms with E-state index in [9.17, 15) is 13.6 Å². The molecule has 25 heavy (non-hydrogen) atoms. The first-order chi connectivity index (χ1) is 11.6. The molecule has 0 amide bonds. The van der Waals surface area contributed by atoms with E-state index < -0.39 is 11.3 Å². The van der Waals surface area contributed by atoms with Gasteiger partial charge in [0.05, 0.1) is 18.2 Å². The van der Waals surface area contributed by atoms with Crippen molar-refractivity contribution in [1.29, 1.82) is 0 Å². The number of nitrogens with zero attached hydrogens (tertiary/aromatic N) is 1. The van der Waals surface area contributed by atoms with Crippen molar-refractivity contribution < 1.29 is 13.5 Å². The van der Waals surface area contributed by atoms with Gasteiger partial charge in [0, 0.05) is 28.8 Å². The van der Waals surface area contributed by atoms with Gasteiger partial charge in [0.1, 0.15) is 5.75 Å². The summed E-state index contributed by atoms with van der Waals surface area (Å²) in [6.45, 7) is 0.212. The van der Waals surface area contributed by atoms with Gasteiger partial charge in [-0.3, -0.25) is 9.00 Å². The van der Waals surface area contributed by atoms with Crippen LogP contribution in [0.15, 0.2) is 47.3 Å². The molecule has 1 unspecified atom stereocenters. The van der Waals surface area contributed by atoms with Gasteiger partial charge in [-0.2, -0.15) is 5.10 Å². The summed E-state index contributed by atoms with van der Waals surface area (Å²) in [5, 5.41) is 7.85. The zero-order valence-electron chi connectivity index (χ0n) is 13.1. The molecule has 0 fully saturated rings. The lowest BCUT2D eigenvalue weighted by Gasteiger charge is -2.09. The molecule has 0 radical (unpaired) electrons. The molecule has 0 spiro atoms. The molecule has 1 aromatic heterocycles. The minimum absolute atomic E-state index is 0. The maximum absolute atomic E-state index is 11.9. The Bertz CT molecular complexity index is 960. The molecule has 7 nitrogen and oxygen atoms in total. The first kappa shape index (κ1) is 19.1. The molecule has 3 aromatic rings. The molecule has 3 rings (SSSR count). The Balaban J connectivity index is 0.00000225. The number of halogens is 1. The van der Waals surface area contributed by atoms with Gasteiger partial charge in [0.15, 0.2) is 0 Å². The number of hydrogen-bond acceptors (Lipinski definition) is 5. The number of methoxy groups -OCH3 is 1. The molecular formula is C16H15ClN3O4S-. The molecule has 0 bridgehead atoms. The smallest absolute Gasteiger partial charge is 0.272 e. The van der Waals surface area contributed by atoms with Crippen LogP contribution >= 0.6 is 12.4 Å². The average Bonchev–Trinajstić information content (AvgIpc) is 2.60. The number of H-pyrrole nitrogens is 1. The summed E-state index contributed by atoms with van der Waals surface area (Å²) in [5.74, 6) is 0.634. The fraction of sp³-hybridized carbons (Fsp3) is 0.125. The summed E-state index contributed by atoms with van der Waals surface area (Å²) >= 11 is -2.30. The van der Waals surface area contributed by atoms with Gasteiger partial charge >= 0.3 is 0 Å². The van der Waals surface area contributed by atoms with Crippen molar-refractivity contribution in [3.05, 3.63) is 58.4 Å². The van der Waals surface area contributed by atoms with Crippen LogP contribution in [-0.4, -0.2) is 26.1 Å². The maximum atomic E-state index is 11.9. The number of aromatic amines is 1. The lowest BCUT2D eigenvalue weighted by molar-refractivity contribution is 0.415. The molecule has 1 heterocycles. The van der Waals surface area contributed by atoms with Crippen LogP contribution in [-0.2, 0) is 17.8 Å². The number of nitrogens with one attached hydrogen (secondary N) is 2. The largest absolute Gasteiger partial charge is 0.760 e. The fourth-order valence-electron chi connectivity index (χ4n) is 2.41. The van der Waals surface area contributed by atoms with Gasteiger partial charge in [-0.15, -0.1) is 12.4 Å². The monoisotopic (exact) mass is 380 g/mol. The normalized spacial score (nSPS) is 11.8. The van der Waals surface area contributed by atoms with Crippen molar-refractivity contribution in [2.24, 2.45) is 0 Å². The lowest BCUT2D eigenvalue weighted by Crippen LogP contribution is -2.15. The van der Waals surface area contributed by atoms with Crippen LogP contribution in [0.5, 0.6) is 5.75 Å². The zero-order chi connectivity index (χ0) is 17.1. The van der Waals surface area contributed by atoms with E-state index >= 15 is 0 Å². The summed E-state index contributed by atoms with van der Waals surface area (Å²) in [7, 11) is 1.56. The highest BCUT2D eigenvalue weighted by atomic mass is 35.5. The molecule has 0 aliphatic heterocycles. The topological polar surface area (TPSA) is 107 Å². The molecular weight excluding hydrogens is 366 g/mol. The fourth-order valence-corrected chi connectivity index (χ4v) is 2.70. The van der Waals surface area contributed by atoms with Crippen LogP contribution in [0.4, 0.5) is 0 Å². The third-order valence-electron chi connectivity index (χ3n) is 3.62. The zero-order valence-corrected chi connectivity index (χ0v) is 14.8. The van der Waals surface area contributed by atoms with E-state index in [1.807, 2.05) is 12.1 Å². The Morgan fingerprint density at radius 1 is 1.20 bits per heavy atom. The molecule has 132 valence electrons. The second-order valence-electron chi connectivity index (χ2n) is 5.07. The molecule has 2 aromatic carbocycles. The Labute approximate surface area is 152 Å². The van der Waals surface area contributed by atoms with E-state index in [0.717, 1.165) is 11.1 Å². The van der Waals surface area contributed by atoms with Crippen LogP contribution in [0.25, 0.3) is 22.0 Å². The van der Waals surface area contributed by atoms with Gasteiger partial charge in [-0.05, 0) is 23.8 Å². The van der Waals surface area contributed by atoms with Gasteiger partial charge in [0.25, 0.3) is 5.56 Å². The van der Waals surface area contributed by atoms with E-state index in [0.29, 0.717) is 22.2 Å². The second kappa shape index (κ2) is 8.21. The number of rotatable bonds is 5. The van der Waals surface area contributed by atoms with E-state index in [4.69, 9.17) is 4.74 Å². The van der Waals surface area contributed by atoms with Gasteiger partial charge in [0.2, 0.25) is 0 Å². The lowest BCUT2D eigenvalue weighted by atomic mass is 10.0. The molecule has 9 heteroatoms. The van der Waals surface area contributed by atoms with Crippen molar-refractivity contribution in [1.82, 2.24) is 14.9 Å². The minimum atomic E-state index is -2.30. The highest BCUT2D eigenvalue weighted by Gasteiger charge is 2.10. The average molecular weight is 381 g/mol. The third kappa shape index (κ3) is 4.23. The second-order valence-corrected chi connectivity index (χ2v) is 5.82. The summed E-state index contributed by atoms with van der Waals surface area (Å²) in [4.78, 5) is 11.9. The quantitative estimate of drug-likeness (QED) is 0.657. The number of fused-ring (bicyclic) bond motifs is 1. The molecule has 0 aliphatic carbocycles. The molecule has 2 N–H and O–H groups in total. The van der Waals surface area contributed by atoms with Crippen molar-refractivity contribution in [3.8, 4) is 17.0 Å². The van der Waals surface area contributed by atoms with Crippen LogP contribution in [0.2, 0.25) is 0 Å². The van der Waals surface area contributed by atoms with E-state index in [1.165, 1.54) is 0 Å². The number of aromatic nitrogens is 2. The predicted molar refractivity (Wildman–Crippen MR) is 97.4 cm³/mol. The third-order valence-corrected chi connectivity index (χ3v) is 4.00. The minimum Gasteiger partial charge on any atom is -0.760 e. The van der Waals surface area contributed by atoms with E-state index in [1.54, 1.807) is 37.4 Å². The molecule has 0 saturated carbocycles. The summed E-state index contributed by atoms with van der Waals surface area (Å²) < 4.78 is 28.6. The van der Waals surface area contributed by atoms with E-state index in [-0.39, 0.29) is 24.5 Å². The Hall–Kier alpha value is -2.26. The van der Waals surface area contributed by atoms with Gasteiger partial charge < -0.3 is 9.29 Å². The van der Waals surface area contributed by atoms with Crippen LogP contribution in [0.3, 0.4) is 0 Å². The predicted octanol–water partition coefficient (Wildman–Crippen LogP) is 1.90. The first-order valence-electron chi connectivity index (χ1n) is 7.07. The van der Waals surface area contributed by atoms with Crippen molar-refractivity contribution in [2.45, 2.75) is 6.54 Å². The summed E-state index contributed by atoms with van der Waals surface area (Å²) in [5.41, 5.74) is 1.97. The number of hydrogen-bond donors (Lipinski definition) is 2. The van der Waals surface area contributed by atoms with Crippen LogP contribution < -0.4 is 15.0 Å². The summed E-state index contributed by atoms with van der Waals surface area (Å²) in [6.07, 6.45) is 0. The summed E-state index contributed by atoms with van der Waals surface area (Å²) in [6, 6.07) is 12.4. The number of benzene rings is 2. The Morgan fingerprint density at radius 2 is 1.92 bits per heavy atom. The van der Waals surface area contributed by atoms with Crippen molar-refractivity contribution in [2.75, 3.05) is 7.11 Å². The molecule has 1 atom stereocenters. The molecule has 0 aliphatic rings. The highest BCUT2D eigenvalue weighted by Crippen LogP contribution is 2.27. The van der Waals surface area contributed by atoms with Gasteiger partial charge in [-0.1, -0.05) is 24.3 Å². The Morgan fingerprint density at radius 3 is 2.56 bits per heavy atom. The van der Waals surface area contributed by atoms with Gasteiger partial charge in [-0.25, -0.2) is 9.82 Å². The maximum Gasteiger partial charge on any atom is 0.272 e. The van der Waals surface area contributed by atoms with Crippen LogP contribution in [0, 0.1) is 0 Å². The van der Waals surface area contributed by atoms with E-state index in [2.05, 4.69) is 14.9 Å². The standard InChI is InChI=1S/C16H15N3O4S.ClH/c1-23-12-6-7-13-14(8-12)15(18-19-16(13)20)11-4-2-10(3-5-11)9-17-24(21)22;/h2-8,17H,9H2,1H3,(H,19,20)(H,21,22);1H/p-1. The Kier molecular flexibility index (Phi) is 6.27. The number of ether oxygens (including phenoxy) is 1. The highest BCUT2D eigenvalue weighted by molar-refractivity contribution is 7.77. The van der Waals surface area contributed by atoms with Crippen molar-refractivity contribution >= 4 is 34.4 Å². The van der Waals surface area contributed by atoms with Crippen LogP contribution in [0.1, 0.15) is 5.56 Å². The SMILES string of the molecule is COc1ccc2c(=O)[nH]nc(-c3ccc(CNS(=O)[O-])cc3)c2c1.Cl.